The Kier molecular flexibility index (Phi) is 5.76. The second-order valence-electron chi connectivity index (χ2n) is 6.80. The van der Waals surface area contributed by atoms with E-state index in [1.54, 1.807) is 34.8 Å². The summed E-state index contributed by atoms with van der Waals surface area (Å²) in [5.74, 6) is 0.160. The van der Waals surface area contributed by atoms with Gasteiger partial charge in [0.2, 0.25) is 0 Å². The molecule has 0 aliphatic carbocycles. The van der Waals surface area contributed by atoms with Crippen LogP contribution in [0.4, 0.5) is 5.00 Å². The van der Waals surface area contributed by atoms with E-state index in [0.717, 1.165) is 24.5 Å². The van der Waals surface area contributed by atoms with Gasteiger partial charge in [0.05, 0.1) is 12.3 Å². The molecule has 4 nitrogen and oxygen atoms in total. The zero-order chi connectivity index (χ0) is 18.6. The molecule has 0 bridgehead atoms. The van der Waals surface area contributed by atoms with Gasteiger partial charge >= 0.3 is 0 Å². The van der Waals surface area contributed by atoms with Crippen molar-refractivity contribution in [3.05, 3.63) is 63.1 Å². The summed E-state index contributed by atoms with van der Waals surface area (Å²) < 4.78 is 5.27. The summed E-state index contributed by atoms with van der Waals surface area (Å²) in [4.78, 5) is 17.8. The molecule has 3 aromatic rings. The van der Waals surface area contributed by atoms with Crippen LogP contribution in [0.15, 0.2) is 46.4 Å². The van der Waals surface area contributed by atoms with Gasteiger partial charge < -0.3 is 9.73 Å². The summed E-state index contributed by atoms with van der Waals surface area (Å²) in [7, 11) is 0. The van der Waals surface area contributed by atoms with Gasteiger partial charge in [0, 0.05) is 15.3 Å². The number of nitrogens with zero attached hydrogens (tertiary/aromatic N) is 1. The molecule has 3 aromatic heterocycles. The van der Waals surface area contributed by atoms with Crippen molar-refractivity contribution in [1.29, 1.82) is 0 Å². The van der Waals surface area contributed by atoms with E-state index in [2.05, 4.69) is 40.7 Å². The van der Waals surface area contributed by atoms with Gasteiger partial charge in [0.25, 0.3) is 5.91 Å². The van der Waals surface area contributed by atoms with E-state index in [9.17, 15) is 4.79 Å². The van der Waals surface area contributed by atoms with Gasteiger partial charge in [0.15, 0.2) is 5.76 Å². The predicted molar refractivity (Wildman–Crippen MR) is 112 cm³/mol. The Morgan fingerprint density at radius 2 is 2.11 bits per heavy atom. The number of nitrogens with one attached hydrogen (secondary N) is 1. The van der Waals surface area contributed by atoms with Crippen LogP contribution in [0.2, 0.25) is 0 Å². The molecule has 0 unspecified atom stereocenters. The highest BCUT2D eigenvalue weighted by Gasteiger charge is 2.29. The third kappa shape index (κ3) is 4.03. The Balaban J connectivity index is 1.70. The summed E-state index contributed by atoms with van der Waals surface area (Å²) in [6.45, 7) is 4.37. The lowest BCUT2D eigenvalue weighted by Gasteiger charge is -2.34. The summed E-state index contributed by atoms with van der Waals surface area (Å²) in [5, 5.41) is 6.19. The van der Waals surface area contributed by atoms with E-state index in [0.29, 0.717) is 5.76 Å². The van der Waals surface area contributed by atoms with Crippen LogP contribution in [0.1, 0.15) is 58.1 Å². The number of amides is 1. The maximum atomic E-state index is 12.6. The number of piperidine rings is 1. The average Bonchev–Trinajstić information content (AvgIpc) is 3.46. The molecule has 0 aromatic carbocycles. The summed E-state index contributed by atoms with van der Waals surface area (Å²) in [5.41, 5.74) is 1.21. The fraction of sp³-hybridized carbons (Fsp3) is 0.381. The number of aryl methyl sites for hydroxylation is 1. The van der Waals surface area contributed by atoms with Crippen molar-refractivity contribution in [3.63, 3.8) is 0 Å². The molecule has 1 atom stereocenters. The predicted octanol–water partition coefficient (Wildman–Crippen LogP) is 5.79. The Labute approximate surface area is 167 Å². The molecule has 4 heterocycles. The molecule has 1 saturated heterocycles. The van der Waals surface area contributed by atoms with E-state index in [4.69, 9.17) is 4.42 Å². The maximum Gasteiger partial charge on any atom is 0.291 e. The van der Waals surface area contributed by atoms with Crippen LogP contribution in [0.25, 0.3) is 0 Å². The number of furan rings is 1. The molecule has 0 spiro atoms. The normalized spacial score (nSPS) is 16.3. The monoisotopic (exact) mass is 400 g/mol. The van der Waals surface area contributed by atoms with E-state index in [1.165, 1.54) is 40.8 Å². The van der Waals surface area contributed by atoms with Crippen LogP contribution in [-0.2, 0) is 6.42 Å². The van der Waals surface area contributed by atoms with Gasteiger partial charge in [-0.05, 0) is 62.0 Å². The highest BCUT2D eigenvalue weighted by atomic mass is 32.1. The number of carbonyl (C=O) groups excluding carboxylic acids is 1. The average molecular weight is 401 g/mol. The Morgan fingerprint density at radius 3 is 2.78 bits per heavy atom. The first-order valence-electron chi connectivity index (χ1n) is 9.51. The van der Waals surface area contributed by atoms with Gasteiger partial charge in [0.1, 0.15) is 5.00 Å². The molecule has 1 aliphatic heterocycles. The number of likely N-dealkylation sites (tertiary alicyclic amines) is 1. The number of anilines is 1. The third-order valence-electron chi connectivity index (χ3n) is 5.00. The number of carbonyl (C=O) groups is 1. The number of thiophene rings is 2. The van der Waals surface area contributed by atoms with Crippen molar-refractivity contribution in [1.82, 2.24) is 4.90 Å². The Bertz CT molecular complexity index is 862. The van der Waals surface area contributed by atoms with Crippen LogP contribution in [0.3, 0.4) is 0 Å². The Morgan fingerprint density at radius 1 is 1.26 bits per heavy atom. The van der Waals surface area contributed by atoms with Gasteiger partial charge in [-0.15, -0.1) is 22.7 Å². The summed E-state index contributed by atoms with van der Waals surface area (Å²) >= 11 is 3.47. The highest BCUT2D eigenvalue weighted by Crippen LogP contribution is 2.41. The second kappa shape index (κ2) is 8.42. The first-order valence-corrected chi connectivity index (χ1v) is 11.2. The first-order chi connectivity index (χ1) is 13.3. The molecule has 4 rings (SSSR count). The van der Waals surface area contributed by atoms with Crippen LogP contribution in [0, 0.1) is 0 Å². The van der Waals surface area contributed by atoms with Crippen molar-refractivity contribution >= 4 is 33.6 Å². The largest absolute Gasteiger partial charge is 0.459 e. The fourth-order valence-electron chi connectivity index (χ4n) is 3.66. The first kappa shape index (κ1) is 18.5. The number of hydrogen-bond acceptors (Lipinski definition) is 5. The number of rotatable bonds is 6. The third-order valence-corrected chi connectivity index (χ3v) is 7.13. The van der Waals surface area contributed by atoms with Crippen molar-refractivity contribution in [2.24, 2.45) is 0 Å². The highest BCUT2D eigenvalue weighted by molar-refractivity contribution is 7.16. The smallest absolute Gasteiger partial charge is 0.291 e. The lowest BCUT2D eigenvalue weighted by atomic mass is 10.0. The minimum atomic E-state index is -0.186. The van der Waals surface area contributed by atoms with Crippen molar-refractivity contribution < 1.29 is 9.21 Å². The molecule has 6 heteroatoms. The molecule has 1 N–H and O–H groups in total. The lowest BCUT2D eigenvalue weighted by Crippen LogP contribution is -2.34. The maximum absolute atomic E-state index is 12.6. The van der Waals surface area contributed by atoms with Gasteiger partial charge in [-0.25, -0.2) is 0 Å². The van der Waals surface area contributed by atoms with E-state index < -0.39 is 0 Å². The second-order valence-corrected chi connectivity index (χ2v) is 8.91. The zero-order valence-electron chi connectivity index (χ0n) is 15.4. The molecule has 0 radical (unpaired) electrons. The molecule has 0 saturated carbocycles. The fourth-order valence-corrected chi connectivity index (χ4v) is 5.56. The van der Waals surface area contributed by atoms with Crippen molar-refractivity contribution in [3.8, 4) is 0 Å². The SMILES string of the molecule is CCc1cc([C@@H](c2cccs2)N2CCCCC2)c(NC(=O)c2ccco2)s1. The molecule has 1 fully saturated rings. The summed E-state index contributed by atoms with van der Waals surface area (Å²) in [6.07, 6.45) is 6.27. The van der Waals surface area contributed by atoms with Crippen LogP contribution >= 0.6 is 22.7 Å². The minimum Gasteiger partial charge on any atom is -0.459 e. The zero-order valence-corrected chi connectivity index (χ0v) is 17.1. The van der Waals surface area contributed by atoms with Crippen LogP contribution in [0.5, 0.6) is 0 Å². The topological polar surface area (TPSA) is 45.5 Å². The van der Waals surface area contributed by atoms with E-state index in [1.807, 2.05) is 0 Å². The Hall–Kier alpha value is -1.89. The molecular weight excluding hydrogens is 376 g/mol. The summed E-state index contributed by atoms with van der Waals surface area (Å²) in [6, 6.07) is 10.3. The van der Waals surface area contributed by atoms with Crippen LogP contribution in [-0.4, -0.2) is 23.9 Å². The van der Waals surface area contributed by atoms with Gasteiger partial charge in [-0.3, -0.25) is 9.69 Å². The van der Waals surface area contributed by atoms with Crippen LogP contribution < -0.4 is 5.32 Å². The molecular formula is C21H24N2O2S2. The van der Waals surface area contributed by atoms with E-state index in [-0.39, 0.29) is 11.9 Å². The molecule has 142 valence electrons. The quantitative estimate of drug-likeness (QED) is 0.569. The molecule has 1 aliphatic rings. The molecule has 1 amide bonds. The molecule has 27 heavy (non-hydrogen) atoms. The van der Waals surface area contributed by atoms with Gasteiger partial charge in [-0.2, -0.15) is 0 Å². The number of hydrogen-bond donors (Lipinski definition) is 1. The van der Waals surface area contributed by atoms with Crippen molar-refractivity contribution in [2.75, 3.05) is 18.4 Å². The standard InChI is InChI=1S/C21H24N2O2S2/c1-2-15-14-16(21(27-15)22-20(24)17-8-6-12-25-17)19(18-9-7-13-26-18)23-10-4-3-5-11-23/h6-9,12-14,19H,2-5,10-11H2,1H3,(H,22,24)/t19-/m0/s1. The lowest BCUT2D eigenvalue weighted by molar-refractivity contribution is 0.0996. The van der Waals surface area contributed by atoms with E-state index >= 15 is 0 Å². The minimum absolute atomic E-state index is 0.186. The van der Waals surface area contributed by atoms with Crippen molar-refractivity contribution in [2.45, 2.75) is 38.6 Å². The van der Waals surface area contributed by atoms with Gasteiger partial charge in [-0.1, -0.05) is 19.4 Å².